The summed E-state index contributed by atoms with van der Waals surface area (Å²) in [5, 5.41) is 3.22. The van der Waals surface area contributed by atoms with Gasteiger partial charge < -0.3 is 10.1 Å². The molecule has 2 fully saturated rings. The molecule has 0 saturated heterocycles. The van der Waals surface area contributed by atoms with Gasteiger partial charge in [-0.05, 0) is 38.5 Å². The highest BCUT2D eigenvalue weighted by atomic mass is 16.5. The van der Waals surface area contributed by atoms with Gasteiger partial charge in [0.15, 0.2) is 0 Å². The lowest BCUT2D eigenvalue weighted by molar-refractivity contribution is -0.146. The van der Waals surface area contributed by atoms with Gasteiger partial charge >= 0.3 is 5.97 Å². The first-order chi connectivity index (χ1) is 9.55. The second-order valence-electron chi connectivity index (χ2n) is 6.67. The normalized spacial score (nSPS) is 29.5. The molecule has 0 aliphatic heterocycles. The van der Waals surface area contributed by atoms with E-state index in [1.54, 1.807) is 0 Å². The maximum atomic E-state index is 12.5. The number of ether oxygens (including phenoxy) is 1. The second-order valence-corrected chi connectivity index (χ2v) is 6.67. The van der Waals surface area contributed by atoms with Crippen LogP contribution in [0.15, 0.2) is 0 Å². The highest BCUT2D eigenvalue weighted by Gasteiger charge is 2.36. The van der Waals surface area contributed by atoms with Crippen LogP contribution < -0.4 is 5.32 Å². The van der Waals surface area contributed by atoms with E-state index in [9.17, 15) is 9.59 Å². The summed E-state index contributed by atoms with van der Waals surface area (Å²) in [6.45, 7) is 2.10. The van der Waals surface area contributed by atoms with Crippen molar-refractivity contribution in [2.45, 2.75) is 70.8 Å². The van der Waals surface area contributed by atoms with Crippen LogP contribution in [0.5, 0.6) is 0 Å². The minimum Gasteiger partial charge on any atom is -0.469 e. The number of hydrogen-bond acceptors (Lipinski definition) is 3. The van der Waals surface area contributed by atoms with E-state index >= 15 is 0 Å². The molecule has 20 heavy (non-hydrogen) atoms. The van der Waals surface area contributed by atoms with Crippen LogP contribution in [0.2, 0.25) is 0 Å². The Morgan fingerprint density at radius 3 is 2.20 bits per heavy atom. The second kappa shape index (κ2) is 6.59. The molecule has 1 amide bonds. The highest BCUT2D eigenvalue weighted by molar-refractivity contribution is 5.82. The Kier molecular flexibility index (Phi) is 5.06. The number of nitrogens with one attached hydrogen (secondary N) is 1. The summed E-state index contributed by atoms with van der Waals surface area (Å²) in [5.41, 5.74) is -0.169. The van der Waals surface area contributed by atoms with Crippen molar-refractivity contribution < 1.29 is 14.3 Å². The van der Waals surface area contributed by atoms with Gasteiger partial charge in [-0.2, -0.15) is 0 Å². The first-order valence-corrected chi connectivity index (χ1v) is 7.94. The summed E-state index contributed by atoms with van der Waals surface area (Å²) in [6.07, 6.45) is 9.05. The average molecular weight is 281 g/mol. The molecule has 0 aromatic heterocycles. The maximum absolute atomic E-state index is 12.5. The summed E-state index contributed by atoms with van der Waals surface area (Å²) in [6, 6.07) is 0.238. The maximum Gasteiger partial charge on any atom is 0.308 e. The molecule has 2 saturated carbocycles. The Balaban J connectivity index is 1.80. The molecule has 4 heteroatoms. The average Bonchev–Trinajstić information content (AvgIpc) is 2.48. The lowest BCUT2D eigenvalue weighted by atomic mass is 9.74. The van der Waals surface area contributed by atoms with Crippen LogP contribution in [0.4, 0.5) is 0 Å². The van der Waals surface area contributed by atoms with Crippen molar-refractivity contribution in [1.82, 2.24) is 5.32 Å². The van der Waals surface area contributed by atoms with Crippen LogP contribution in [0.3, 0.4) is 0 Å². The lowest BCUT2D eigenvalue weighted by Crippen LogP contribution is -2.46. The molecule has 2 rings (SSSR count). The van der Waals surface area contributed by atoms with E-state index in [1.165, 1.54) is 26.4 Å². The third-order valence-corrected chi connectivity index (χ3v) is 5.10. The zero-order valence-corrected chi connectivity index (χ0v) is 12.7. The van der Waals surface area contributed by atoms with Crippen LogP contribution in [-0.2, 0) is 14.3 Å². The zero-order chi connectivity index (χ0) is 14.6. The Labute approximate surface area is 121 Å². The van der Waals surface area contributed by atoms with E-state index in [4.69, 9.17) is 4.74 Å². The summed E-state index contributed by atoms with van der Waals surface area (Å²) in [5.74, 6) is 0.145. The number of amides is 1. The quantitative estimate of drug-likeness (QED) is 0.809. The summed E-state index contributed by atoms with van der Waals surface area (Å²) < 4.78 is 4.79. The number of carbonyl (C=O) groups is 2. The minimum atomic E-state index is -0.169. The van der Waals surface area contributed by atoms with Gasteiger partial charge in [-0.15, -0.1) is 0 Å². The molecule has 4 nitrogen and oxygen atoms in total. The number of carbonyl (C=O) groups excluding carboxylic acids is 2. The molecule has 0 aromatic carbocycles. The molecule has 0 atom stereocenters. The topological polar surface area (TPSA) is 55.4 Å². The van der Waals surface area contributed by atoms with E-state index in [0.29, 0.717) is 0 Å². The van der Waals surface area contributed by atoms with Crippen molar-refractivity contribution in [3.8, 4) is 0 Å². The fraction of sp³-hybridized carbons (Fsp3) is 0.875. The lowest BCUT2D eigenvalue weighted by Gasteiger charge is -2.35. The van der Waals surface area contributed by atoms with E-state index in [2.05, 4.69) is 12.2 Å². The van der Waals surface area contributed by atoms with Crippen molar-refractivity contribution >= 4 is 11.9 Å². The number of rotatable bonds is 3. The summed E-state index contributed by atoms with van der Waals surface area (Å²) >= 11 is 0. The predicted molar refractivity (Wildman–Crippen MR) is 77.1 cm³/mol. The first kappa shape index (κ1) is 15.3. The Hall–Kier alpha value is -1.06. The number of esters is 1. The number of hydrogen-bond donors (Lipinski definition) is 1. The van der Waals surface area contributed by atoms with Crippen molar-refractivity contribution in [3.63, 3.8) is 0 Å². The Morgan fingerprint density at radius 2 is 1.65 bits per heavy atom. The Morgan fingerprint density at radius 1 is 1.05 bits per heavy atom. The van der Waals surface area contributed by atoms with Crippen LogP contribution in [0.1, 0.15) is 64.7 Å². The van der Waals surface area contributed by atoms with Crippen molar-refractivity contribution in [1.29, 1.82) is 0 Å². The molecular formula is C16H27NO3. The largest absolute Gasteiger partial charge is 0.469 e. The van der Waals surface area contributed by atoms with Gasteiger partial charge in [-0.3, -0.25) is 9.59 Å². The molecule has 2 aliphatic carbocycles. The Bertz CT molecular complexity index is 353. The molecule has 2 aliphatic rings. The van der Waals surface area contributed by atoms with E-state index in [-0.39, 0.29) is 29.3 Å². The third-order valence-electron chi connectivity index (χ3n) is 5.10. The summed E-state index contributed by atoms with van der Waals surface area (Å²) in [4.78, 5) is 23.9. The molecule has 0 bridgehead atoms. The SMILES string of the molecule is COC(=O)C1CCC(NC(=O)C2(C)CCCCC2)CC1. The van der Waals surface area contributed by atoms with Crippen molar-refractivity contribution in [3.05, 3.63) is 0 Å². The van der Waals surface area contributed by atoms with Crippen LogP contribution in [-0.4, -0.2) is 25.0 Å². The van der Waals surface area contributed by atoms with Gasteiger partial charge in [0.2, 0.25) is 5.91 Å². The predicted octanol–water partition coefficient (Wildman–Crippen LogP) is 2.80. The molecule has 0 spiro atoms. The van der Waals surface area contributed by atoms with Gasteiger partial charge in [-0.25, -0.2) is 0 Å². The van der Waals surface area contributed by atoms with Gasteiger partial charge in [0.05, 0.1) is 13.0 Å². The molecular weight excluding hydrogens is 254 g/mol. The molecule has 0 heterocycles. The van der Waals surface area contributed by atoms with Crippen LogP contribution >= 0.6 is 0 Å². The van der Waals surface area contributed by atoms with E-state index in [1.807, 2.05) is 0 Å². The zero-order valence-electron chi connectivity index (χ0n) is 12.7. The summed E-state index contributed by atoms with van der Waals surface area (Å²) in [7, 11) is 1.44. The number of methoxy groups -OCH3 is 1. The third kappa shape index (κ3) is 3.53. The van der Waals surface area contributed by atoms with E-state index in [0.717, 1.165) is 38.5 Å². The van der Waals surface area contributed by atoms with E-state index < -0.39 is 0 Å². The fourth-order valence-electron chi connectivity index (χ4n) is 3.56. The van der Waals surface area contributed by atoms with Gasteiger partial charge in [0.25, 0.3) is 0 Å². The smallest absolute Gasteiger partial charge is 0.308 e. The molecule has 0 radical (unpaired) electrons. The van der Waals surface area contributed by atoms with Crippen LogP contribution in [0.25, 0.3) is 0 Å². The van der Waals surface area contributed by atoms with Gasteiger partial charge in [0.1, 0.15) is 0 Å². The first-order valence-electron chi connectivity index (χ1n) is 7.94. The molecule has 114 valence electrons. The minimum absolute atomic E-state index is 0.0263. The monoisotopic (exact) mass is 281 g/mol. The van der Waals surface area contributed by atoms with Crippen molar-refractivity contribution in [2.75, 3.05) is 7.11 Å². The van der Waals surface area contributed by atoms with Crippen LogP contribution in [0, 0.1) is 11.3 Å². The highest BCUT2D eigenvalue weighted by Crippen LogP contribution is 2.36. The molecule has 0 aromatic rings. The van der Waals surface area contributed by atoms with Gasteiger partial charge in [0, 0.05) is 11.5 Å². The standard InChI is InChI=1S/C16H27NO3/c1-16(10-4-3-5-11-16)15(19)17-13-8-6-12(7-9-13)14(18)20-2/h12-13H,3-11H2,1-2H3,(H,17,19). The fourth-order valence-corrected chi connectivity index (χ4v) is 3.56. The van der Waals surface area contributed by atoms with Gasteiger partial charge in [-0.1, -0.05) is 26.2 Å². The molecule has 1 N–H and O–H groups in total. The molecule has 0 unspecified atom stereocenters. The van der Waals surface area contributed by atoms with Crippen molar-refractivity contribution in [2.24, 2.45) is 11.3 Å².